The molecule has 2 aromatic carbocycles. The Bertz CT molecular complexity index is 1200. The molecule has 10 heteroatoms. The number of pyridine rings is 1. The van der Waals surface area contributed by atoms with Crippen LogP contribution in [0.3, 0.4) is 0 Å². The van der Waals surface area contributed by atoms with Gasteiger partial charge in [-0.3, -0.25) is 0 Å². The lowest BCUT2D eigenvalue weighted by molar-refractivity contribution is -0.137. The minimum absolute atomic E-state index is 0.121. The third kappa shape index (κ3) is 5.32. The van der Waals surface area contributed by atoms with E-state index in [0.717, 1.165) is 42.4 Å². The van der Waals surface area contributed by atoms with E-state index in [0.29, 0.717) is 11.1 Å². The monoisotopic (exact) mass is 448 g/mol. The van der Waals surface area contributed by atoms with Crippen LogP contribution >= 0.6 is 11.9 Å². The van der Waals surface area contributed by atoms with Crippen molar-refractivity contribution in [2.75, 3.05) is 10.5 Å². The van der Waals surface area contributed by atoms with E-state index in [1.165, 1.54) is 24.4 Å². The summed E-state index contributed by atoms with van der Waals surface area (Å²) in [6.07, 6.45) is -2.23. The van der Waals surface area contributed by atoms with Gasteiger partial charge in [-0.15, -0.1) is 0 Å². The molecule has 0 aliphatic rings. The van der Waals surface area contributed by atoms with Gasteiger partial charge in [0.05, 0.1) is 16.8 Å². The highest BCUT2D eigenvalue weighted by Crippen LogP contribution is 2.33. The normalized spacial score (nSPS) is 10.9. The molecular formula is C21H13F5N4S. The number of nitrogen functional groups attached to an aromatic ring is 1. The van der Waals surface area contributed by atoms with Crippen LogP contribution in [0.4, 0.5) is 33.5 Å². The summed E-state index contributed by atoms with van der Waals surface area (Å²) >= 11 is 0.744. The second-order valence-electron chi connectivity index (χ2n) is 6.11. The van der Waals surface area contributed by atoms with E-state index < -0.39 is 28.9 Å². The maximum atomic E-state index is 14.7. The molecule has 0 unspecified atom stereocenters. The van der Waals surface area contributed by atoms with Crippen LogP contribution in [0.25, 0.3) is 0 Å². The Hall–Kier alpha value is -3.58. The third-order valence-corrected chi connectivity index (χ3v) is 4.78. The molecular weight excluding hydrogens is 435 g/mol. The van der Waals surface area contributed by atoms with Crippen LogP contribution in [0.2, 0.25) is 0 Å². The number of rotatable bonds is 4. The molecule has 0 aliphatic heterocycles. The van der Waals surface area contributed by atoms with Gasteiger partial charge < -0.3 is 15.9 Å². The number of aromatic nitrogens is 1. The van der Waals surface area contributed by atoms with E-state index in [-0.39, 0.29) is 16.4 Å². The zero-order valence-electron chi connectivity index (χ0n) is 15.5. The summed E-state index contributed by atoms with van der Waals surface area (Å²) in [4.78, 5) is 4.05. The molecule has 0 fully saturated rings. The highest BCUT2D eigenvalue weighted by molar-refractivity contribution is 8.00. The number of hydrogen-bond donors (Lipinski definition) is 3. The lowest BCUT2D eigenvalue weighted by Crippen LogP contribution is -2.04. The van der Waals surface area contributed by atoms with Gasteiger partial charge in [0.1, 0.15) is 11.6 Å². The summed E-state index contributed by atoms with van der Waals surface area (Å²) in [6, 6.07) is 8.05. The topological polar surface area (TPSA) is 74.8 Å². The van der Waals surface area contributed by atoms with Crippen molar-refractivity contribution in [3.63, 3.8) is 0 Å². The van der Waals surface area contributed by atoms with Gasteiger partial charge in [0.25, 0.3) is 0 Å². The molecule has 0 bridgehead atoms. The van der Waals surface area contributed by atoms with Crippen molar-refractivity contribution in [1.82, 2.24) is 4.98 Å². The number of anilines is 2. The van der Waals surface area contributed by atoms with Gasteiger partial charge in [-0.05, 0) is 48.3 Å². The van der Waals surface area contributed by atoms with Gasteiger partial charge in [0, 0.05) is 28.4 Å². The second kappa shape index (κ2) is 9.06. The number of benzene rings is 2. The molecule has 0 saturated heterocycles. The fourth-order valence-corrected chi connectivity index (χ4v) is 3.12. The van der Waals surface area contributed by atoms with Crippen LogP contribution in [-0.4, -0.2) is 11.2 Å². The van der Waals surface area contributed by atoms with Gasteiger partial charge in [-0.25, -0.2) is 13.8 Å². The summed E-state index contributed by atoms with van der Waals surface area (Å²) in [7, 11) is 0. The molecule has 0 spiro atoms. The van der Waals surface area contributed by atoms with Crippen molar-refractivity contribution in [2.24, 2.45) is 0 Å². The summed E-state index contributed by atoms with van der Waals surface area (Å²) in [6.45, 7) is 0. The summed E-state index contributed by atoms with van der Waals surface area (Å²) in [5.41, 5.74) is 4.67. The number of hydrogen-bond acceptors (Lipinski definition) is 5. The predicted octanol–water partition coefficient (Wildman–Crippen LogP) is 5.48. The average Bonchev–Trinajstić information content (AvgIpc) is 2.73. The Morgan fingerprint density at radius 1 is 1.10 bits per heavy atom. The van der Waals surface area contributed by atoms with Crippen LogP contribution in [0.5, 0.6) is 0 Å². The van der Waals surface area contributed by atoms with Crippen molar-refractivity contribution < 1.29 is 22.0 Å². The van der Waals surface area contributed by atoms with Gasteiger partial charge in [-0.1, -0.05) is 17.9 Å². The zero-order chi connectivity index (χ0) is 22.6. The molecule has 4 N–H and O–H groups in total. The van der Waals surface area contributed by atoms with E-state index in [1.807, 2.05) is 0 Å². The standard InChI is InChI=1S/C21H13F5N4S/c22-17-6-7-18(30-31-15-3-1-2-14(9-15)21(24,25)26)19(23)16(17)5-4-12-8-13(10-27)20(28)29-11-12/h1-3,6-11,27,30H,(H2,28,29). The molecule has 3 aromatic rings. The van der Waals surface area contributed by atoms with E-state index >= 15 is 0 Å². The summed E-state index contributed by atoms with van der Waals surface area (Å²) in [5, 5.41) is 7.25. The first kappa shape index (κ1) is 22.1. The van der Waals surface area contributed by atoms with E-state index in [2.05, 4.69) is 21.5 Å². The molecule has 0 radical (unpaired) electrons. The first-order chi connectivity index (χ1) is 14.7. The number of nitrogens with two attached hydrogens (primary N) is 1. The lowest BCUT2D eigenvalue weighted by Gasteiger charge is -2.10. The van der Waals surface area contributed by atoms with Crippen molar-refractivity contribution in [3.8, 4) is 11.8 Å². The Kier molecular flexibility index (Phi) is 6.46. The van der Waals surface area contributed by atoms with Gasteiger partial charge in [0.2, 0.25) is 0 Å². The number of nitrogens with one attached hydrogen (secondary N) is 2. The number of nitrogens with zero attached hydrogens (tertiary/aromatic N) is 1. The first-order valence-electron chi connectivity index (χ1n) is 8.55. The van der Waals surface area contributed by atoms with Gasteiger partial charge in [0.15, 0.2) is 5.82 Å². The first-order valence-corrected chi connectivity index (χ1v) is 9.37. The molecule has 3 rings (SSSR count). The Morgan fingerprint density at radius 3 is 2.58 bits per heavy atom. The molecule has 0 amide bonds. The van der Waals surface area contributed by atoms with E-state index in [1.54, 1.807) is 0 Å². The molecule has 0 atom stereocenters. The smallest absolute Gasteiger partial charge is 0.383 e. The number of halogens is 5. The highest BCUT2D eigenvalue weighted by atomic mass is 32.2. The maximum Gasteiger partial charge on any atom is 0.416 e. The minimum Gasteiger partial charge on any atom is -0.383 e. The fraction of sp³-hybridized carbons (Fsp3) is 0.0476. The molecule has 4 nitrogen and oxygen atoms in total. The maximum absolute atomic E-state index is 14.7. The zero-order valence-corrected chi connectivity index (χ0v) is 16.3. The van der Waals surface area contributed by atoms with Crippen molar-refractivity contribution in [1.29, 1.82) is 5.41 Å². The molecule has 0 saturated carbocycles. The van der Waals surface area contributed by atoms with Crippen LogP contribution in [0, 0.1) is 28.9 Å². The average molecular weight is 448 g/mol. The molecule has 158 valence electrons. The second-order valence-corrected chi connectivity index (χ2v) is 6.99. The lowest BCUT2D eigenvalue weighted by atomic mass is 10.1. The van der Waals surface area contributed by atoms with Crippen LogP contribution in [-0.2, 0) is 6.18 Å². The van der Waals surface area contributed by atoms with E-state index in [4.69, 9.17) is 11.1 Å². The van der Waals surface area contributed by atoms with Crippen LogP contribution < -0.4 is 10.5 Å². The molecule has 1 heterocycles. The summed E-state index contributed by atoms with van der Waals surface area (Å²) < 4.78 is 69.9. The highest BCUT2D eigenvalue weighted by Gasteiger charge is 2.30. The Morgan fingerprint density at radius 2 is 1.87 bits per heavy atom. The number of alkyl halides is 3. The molecule has 31 heavy (non-hydrogen) atoms. The van der Waals surface area contributed by atoms with Gasteiger partial charge in [-0.2, -0.15) is 13.2 Å². The predicted molar refractivity (Wildman–Crippen MR) is 110 cm³/mol. The Balaban J connectivity index is 1.85. The quantitative estimate of drug-likeness (QED) is 0.214. The van der Waals surface area contributed by atoms with Gasteiger partial charge >= 0.3 is 6.18 Å². The SMILES string of the molecule is N=Cc1cc(C#Cc2c(F)ccc(NSc3cccc(C(F)(F)F)c3)c2F)cnc1N. The largest absolute Gasteiger partial charge is 0.416 e. The Labute approximate surface area is 178 Å². The fourth-order valence-electron chi connectivity index (χ4n) is 2.41. The molecule has 0 aliphatic carbocycles. The molecule has 1 aromatic heterocycles. The van der Waals surface area contributed by atoms with E-state index in [9.17, 15) is 22.0 Å². The van der Waals surface area contributed by atoms with Crippen LogP contribution in [0.15, 0.2) is 53.6 Å². The van der Waals surface area contributed by atoms with Crippen LogP contribution in [0.1, 0.15) is 22.3 Å². The minimum atomic E-state index is -4.50. The summed E-state index contributed by atoms with van der Waals surface area (Å²) in [5.74, 6) is 3.16. The third-order valence-electron chi connectivity index (χ3n) is 3.97. The van der Waals surface area contributed by atoms with Crippen molar-refractivity contribution in [3.05, 3.63) is 82.5 Å². The van der Waals surface area contributed by atoms with Crippen molar-refractivity contribution >= 4 is 29.7 Å². The van der Waals surface area contributed by atoms with Crippen molar-refractivity contribution in [2.45, 2.75) is 11.1 Å².